The van der Waals surface area contributed by atoms with Crippen LogP contribution in [0.5, 0.6) is 0 Å². The van der Waals surface area contributed by atoms with Gasteiger partial charge in [0.1, 0.15) is 17.3 Å². The highest BCUT2D eigenvalue weighted by Gasteiger charge is 2.21. The van der Waals surface area contributed by atoms with E-state index in [1.54, 1.807) is 0 Å². The summed E-state index contributed by atoms with van der Waals surface area (Å²) in [6, 6.07) is 2.84. The summed E-state index contributed by atoms with van der Waals surface area (Å²) in [7, 11) is 0. The Hall–Kier alpha value is -2.24. The number of benzene rings is 1. The minimum atomic E-state index is -1.31. The van der Waals surface area contributed by atoms with Gasteiger partial charge in [0.25, 0.3) is 0 Å². The van der Waals surface area contributed by atoms with E-state index in [0.29, 0.717) is 0 Å². The summed E-state index contributed by atoms with van der Waals surface area (Å²) in [5.41, 5.74) is 0.0140. The zero-order valence-electron chi connectivity index (χ0n) is 8.70. The lowest BCUT2D eigenvalue weighted by Gasteiger charge is -1.99. The highest BCUT2D eigenvalue weighted by atomic mass is 19.1. The van der Waals surface area contributed by atoms with E-state index in [4.69, 9.17) is 5.11 Å². The molecule has 1 heterocycles. The second-order valence-electron chi connectivity index (χ2n) is 3.41. The Bertz CT molecular complexity index is 592. The van der Waals surface area contributed by atoms with E-state index in [0.717, 1.165) is 18.2 Å². The Balaban J connectivity index is 2.61. The minimum absolute atomic E-state index is 0.0144. The van der Waals surface area contributed by atoms with Gasteiger partial charge in [0.05, 0.1) is 0 Å². The molecule has 2 aromatic rings. The molecule has 0 unspecified atom stereocenters. The van der Waals surface area contributed by atoms with E-state index >= 15 is 0 Å². The molecule has 0 aliphatic rings. The number of carbonyl (C=O) groups is 1. The lowest BCUT2D eigenvalue weighted by Crippen LogP contribution is -1.96. The van der Waals surface area contributed by atoms with E-state index in [9.17, 15) is 13.6 Å². The molecule has 0 saturated carbocycles. The fraction of sp³-hybridized carbons (Fsp3) is 0.0909. The number of hydrogen-bond acceptors (Lipinski definition) is 3. The topological polar surface area (TPSA) is 63.3 Å². The van der Waals surface area contributed by atoms with Gasteiger partial charge in [-0.1, -0.05) is 5.16 Å². The van der Waals surface area contributed by atoms with E-state index in [1.165, 1.54) is 6.92 Å². The highest BCUT2D eigenvalue weighted by Crippen LogP contribution is 2.27. The number of halogens is 2. The molecule has 0 amide bonds. The second kappa shape index (κ2) is 3.97. The predicted molar refractivity (Wildman–Crippen MR) is 53.6 cm³/mol. The third kappa shape index (κ3) is 1.89. The summed E-state index contributed by atoms with van der Waals surface area (Å²) in [6.07, 6.45) is 0. The molecule has 0 spiro atoms. The number of carboxylic acids is 1. The van der Waals surface area contributed by atoms with Crippen LogP contribution in [0.3, 0.4) is 0 Å². The van der Waals surface area contributed by atoms with Crippen molar-refractivity contribution in [2.75, 3.05) is 0 Å². The third-order valence-electron chi connectivity index (χ3n) is 2.30. The molecule has 4 nitrogen and oxygen atoms in total. The molecule has 88 valence electrons. The van der Waals surface area contributed by atoms with Gasteiger partial charge in [-0.15, -0.1) is 0 Å². The molecule has 2 rings (SSSR count). The van der Waals surface area contributed by atoms with Crippen molar-refractivity contribution < 1.29 is 23.2 Å². The van der Waals surface area contributed by atoms with Gasteiger partial charge in [0.15, 0.2) is 0 Å². The van der Waals surface area contributed by atoms with Gasteiger partial charge in [-0.05, 0) is 25.1 Å². The Morgan fingerprint density at radius 3 is 2.71 bits per heavy atom. The highest BCUT2D eigenvalue weighted by molar-refractivity contribution is 5.88. The van der Waals surface area contributed by atoms with Crippen molar-refractivity contribution in [2.24, 2.45) is 0 Å². The number of hydrogen-bond donors (Lipinski definition) is 1. The summed E-state index contributed by atoms with van der Waals surface area (Å²) in [5.74, 6) is -3.03. The molecule has 1 aromatic carbocycles. The van der Waals surface area contributed by atoms with Crippen LogP contribution >= 0.6 is 0 Å². The number of aromatic carboxylic acids is 1. The Labute approximate surface area is 94.5 Å². The molecule has 0 aliphatic carbocycles. The van der Waals surface area contributed by atoms with Crippen LogP contribution in [0.15, 0.2) is 22.7 Å². The second-order valence-corrected chi connectivity index (χ2v) is 3.41. The van der Waals surface area contributed by atoms with Crippen LogP contribution in [0.25, 0.3) is 11.3 Å². The zero-order chi connectivity index (χ0) is 12.6. The van der Waals surface area contributed by atoms with Crippen molar-refractivity contribution in [2.45, 2.75) is 6.92 Å². The fourth-order valence-electron chi connectivity index (χ4n) is 1.47. The fourth-order valence-corrected chi connectivity index (χ4v) is 1.47. The molecular formula is C11H7F2NO3. The number of rotatable bonds is 2. The lowest BCUT2D eigenvalue weighted by atomic mass is 10.1. The van der Waals surface area contributed by atoms with Crippen LogP contribution in [0, 0.1) is 18.6 Å². The van der Waals surface area contributed by atoms with Gasteiger partial charge in [0, 0.05) is 11.1 Å². The minimum Gasteiger partial charge on any atom is -0.475 e. The normalized spacial score (nSPS) is 10.5. The van der Waals surface area contributed by atoms with Crippen molar-refractivity contribution in [3.8, 4) is 11.3 Å². The van der Waals surface area contributed by atoms with Crippen LogP contribution in [0.1, 0.15) is 16.1 Å². The standard InChI is InChI=1S/C11H7F2NO3/c1-5-9(14-17-10(5)11(15)16)7-4-6(12)2-3-8(7)13/h2-4H,1H3,(H,15,16). The maximum absolute atomic E-state index is 13.4. The Kier molecular flexibility index (Phi) is 2.63. The number of carboxylic acid groups (broad SMARTS) is 1. The van der Waals surface area contributed by atoms with Crippen LogP contribution in [-0.4, -0.2) is 16.2 Å². The summed E-state index contributed by atoms with van der Waals surface area (Å²) in [6.45, 7) is 1.42. The molecule has 0 aliphatic heterocycles. The summed E-state index contributed by atoms with van der Waals surface area (Å²) < 4.78 is 31.0. The van der Waals surface area contributed by atoms with Gasteiger partial charge in [-0.25, -0.2) is 13.6 Å². The van der Waals surface area contributed by atoms with E-state index in [2.05, 4.69) is 9.68 Å². The molecule has 1 N–H and O–H groups in total. The Morgan fingerprint density at radius 2 is 2.12 bits per heavy atom. The first kappa shape index (κ1) is 11.3. The van der Waals surface area contributed by atoms with Crippen molar-refractivity contribution in [1.29, 1.82) is 0 Å². The summed E-state index contributed by atoms with van der Waals surface area (Å²) in [5, 5.41) is 12.2. The smallest absolute Gasteiger partial charge is 0.375 e. The van der Waals surface area contributed by atoms with Gasteiger partial charge < -0.3 is 9.63 Å². The van der Waals surface area contributed by atoms with Crippen molar-refractivity contribution in [1.82, 2.24) is 5.16 Å². The first-order chi connectivity index (χ1) is 8.00. The van der Waals surface area contributed by atoms with E-state index < -0.39 is 17.6 Å². The average molecular weight is 239 g/mol. The molecule has 17 heavy (non-hydrogen) atoms. The Morgan fingerprint density at radius 1 is 1.41 bits per heavy atom. The molecule has 0 radical (unpaired) electrons. The SMILES string of the molecule is Cc1c(-c2cc(F)ccc2F)noc1C(=O)O. The molecule has 1 aromatic heterocycles. The number of nitrogens with zero attached hydrogens (tertiary/aromatic N) is 1. The molecule has 0 saturated heterocycles. The van der Waals surface area contributed by atoms with Crippen molar-refractivity contribution in [3.63, 3.8) is 0 Å². The monoisotopic (exact) mass is 239 g/mol. The van der Waals surface area contributed by atoms with Crippen LogP contribution in [-0.2, 0) is 0 Å². The van der Waals surface area contributed by atoms with Crippen LogP contribution in [0.2, 0.25) is 0 Å². The van der Waals surface area contributed by atoms with Gasteiger partial charge in [0.2, 0.25) is 5.76 Å². The maximum Gasteiger partial charge on any atom is 0.375 e. The first-order valence-corrected chi connectivity index (χ1v) is 4.65. The molecule has 0 atom stereocenters. The van der Waals surface area contributed by atoms with Crippen molar-refractivity contribution in [3.05, 3.63) is 41.2 Å². The van der Waals surface area contributed by atoms with Gasteiger partial charge >= 0.3 is 5.97 Å². The predicted octanol–water partition coefficient (Wildman–Crippen LogP) is 2.63. The van der Waals surface area contributed by atoms with Crippen LogP contribution < -0.4 is 0 Å². The van der Waals surface area contributed by atoms with Crippen molar-refractivity contribution >= 4 is 5.97 Å². The first-order valence-electron chi connectivity index (χ1n) is 4.65. The molecular weight excluding hydrogens is 232 g/mol. The van der Waals surface area contributed by atoms with Gasteiger partial charge in [-0.2, -0.15) is 0 Å². The quantitative estimate of drug-likeness (QED) is 0.874. The third-order valence-corrected chi connectivity index (χ3v) is 2.30. The largest absolute Gasteiger partial charge is 0.475 e. The van der Waals surface area contributed by atoms with Crippen LogP contribution in [0.4, 0.5) is 8.78 Å². The summed E-state index contributed by atoms with van der Waals surface area (Å²) >= 11 is 0. The molecule has 0 fully saturated rings. The lowest BCUT2D eigenvalue weighted by molar-refractivity contribution is 0.0651. The maximum atomic E-state index is 13.4. The molecule has 0 bridgehead atoms. The number of aromatic nitrogens is 1. The van der Waals surface area contributed by atoms with E-state index in [-0.39, 0.29) is 22.6 Å². The molecule has 6 heteroatoms. The summed E-state index contributed by atoms with van der Waals surface area (Å²) in [4.78, 5) is 10.7. The zero-order valence-corrected chi connectivity index (χ0v) is 8.70. The van der Waals surface area contributed by atoms with Gasteiger partial charge in [-0.3, -0.25) is 0 Å². The van der Waals surface area contributed by atoms with E-state index in [1.807, 2.05) is 0 Å². The average Bonchev–Trinajstić information content (AvgIpc) is 2.64.